The van der Waals surface area contributed by atoms with Crippen molar-refractivity contribution in [1.82, 2.24) is 10.1 Å². The zero-order valence-electron chi connectivity index (χ0n) is 14.9. The molecule has 0 spiro atoms. The number of thioether (sulfide) groups is 1. The Balaban J connectivity index is 1.78. The maximum absolute atomic E-state index is 12.8. The molecule has 1 aliphatic rings. The fraction of sp³-hybridized carbons (Fsp3) is 0.158. The lowest BCUT2D eigenvalue weighted by Gasteiger charge is -2.22. The van der Waals surface area contributed by atoms with Crippen molar-refractivity contribution in [1.29, 1.82) is 0 Å². The van der Waals surface area contributed by atoms with Crippen LogP contribution in [0.25, 0.3) is 11.3 Å². The van der Waals surface area contributed by atoms with E-state index in [0.717, 1.165) is 16.8 Å². The molecule has 0 bridgehead atoms. The molecule has 0 amide bonds. The molecular formula is C19H17N4O4S+. The van der Waals surface area contributed by atoms with Crippen molar-refractivity contribution in [3.05, 3.63) is 64.4 Å². The lowest BCUT2D eigenvalue weighted by atomic mass is 10.0. The highest BCUT2D eigenvalue weighted by molar-refractivity contribution is 7.98. The first-order valence-electron chi connectivity index (χ1n) is 8.47. The standard InChI is InChI=1S/C19H16N4O4S/c1-28-19-21-18(26)16-13-4-2-3-5-14(13)20-17(23(16)22-19)11-6-8-12(9-7-11)27-10-15(24)25/h2-9,17H,10H2,1H3,(H2,21,22,24,25,26)/p+1/t17-/m1/s1. The molecule has 1 atom stereocenters. The van der Waals surface area contributed by atoms with Crippen LogP contribution in [-0.2, 0) is 4.79 Å². The molecule has 1 aliphatic heterocycles. The molecule has 2 aromatic carbocycles. The number of fused-ring (bicyclic) bond motifs is 3. The summed E-state index contributed by atoms with van der Waals surface area (Å²) in [6.45, 7) is -0.403. The van der Waals surface area contributed by atoms with Gasteiger partial charge in [0.1, 0.15) is 5.75 Å². The second kappa shape index (κ2) is 7.35. The van der Waals surface area contributed by atoms with Crippen LogP contribution in [0.1, 0.15) is 11.7 Å². The third-order valence-electron chi connectivity index (χ3n) is 4.33. The van der Waals surface area contributed by atoms with Crippen molar-refractivity contribution in [3.8, 4) is 17.0 Å². The molecule has 4 rings (SSSR count). The van der Waals surface area contributed by atoms with Crippen molar-refractivity contribution in [2.45, 2.75) is 11.3 Å². The third kappa shape index (κ3) is 3.31. The Morgan fingerprint density at radius 2 is 2.00 bits per heavy atom. The van der Waals surface area contributed by atoms with Crippen molar-refractivity contribution in [2.75, 3.05) is 18.2 Å². The molecule has 1 aromatic heterocycles. The summed E-state index contributed by atoms with van der Waals surface area (Å²) in [7, 11) is 0. The lowest BCUT2D eigenvalue weighted by Crippen LogP contribution is -2.55. The molecule has 8 nitrogen and oxygen atoms in total. The van der Waals surface area contributed by atoms with Crippen LogP contribution in [0, 0.1) is 0 Å². The molecule has 28 heavy (non-hydrogen) atoms. The van der Waals surface area contributed by atoms with Gasteiger partial charge in [-0.25, -0.2) is 4.79 Å². The number of hydrogen-bond acceptors (Lipinski definition) is 6. The molecule has 142 valence electrons. The topological polar surface area (TPSA) is 108 Å². The second-order valence-electron chi connectivity index (χ2n) is 6.10. The number of nitrogens with one attached hydrogen (secondary N) is 2. The van der Waals surface area contributed by atoms with Crippen LogP contribution in [0.3, 0.4) is 0 Å². The Morgan fingerprint density at radius 1 is 1.25 bits per heavy atom. The van der Waals surface area contributed by atoms with E-state index in [2.05, 4.69) is 15.4 Å². The summed E-state index contributed by atoms with van der Waals surface area (Å²) in [6, 6.07) is 14.6. The Kier molecular flexibility index (Phi) is 4.74. The van der Waals surface area contributed by atoms with Crippen molar-refractivity contribution < 1.29 is 19.3 Å². The van der Waals surface area contributed by atoms with Crippen LogP contribution in [0.15, 0.2) is 58.5 Å². The molecule has 9 heteroatoms. The minimum atomic E-state index is -1.04. The average molecular weight is 397 g/mol. The van der Waals surface area contributed by atoms with Gasteiger partial charge in [-0.2, -0.15) is 0 Å². The fourth-order valence-electron chi connectivity index (χ4n) is 3.10. The summed E-state index contributed by atoms with van der Waals surface area (Å²) in [5.41, 5.74) is 2.74. The first kappa shape index (κ1) is 18.1. The van der Waals surface area contributed by atoms with Crippen LogP contribution in [0.2, 0.25) is 0 Å². The monoisotopic (exact) mass is 397 g/mol. The highest BCUT2D eigenvalue weighted by Crippen LogP contribution is 2.31. The first-order valence-corrected chi connectivity index (χ1v) is 9.70. The van der Waals surface area contributed by atoms with Gasteiger partial charge in [-0.1, -0.05) is 23.9 Å². The lowest BCUT2D eigenvalue weighted by molar-refractivity contribution is -0.759. The van der Waals surface area contributed by atoms with Crippen LogP contribution in [0.5, 0.6) is 5.75 Å². The van der Waals surface area contributed by atoms with E-state index in [4.69, 9.17) is 9.84 Å². The molecule has 0 saturated carbocycles. The van der Waals surface area contributed by atoms with Gasteiger partial charge in [0.25, 0.3) is 6.17 Å². The van der Waals surface area contributed by atoms with E-state index >= 15 is 0 Å². The SMILES string of the molecule is CSc1n[n+]2c(c(=O)[nH]1)-c1ccccc1N[C@H]2c1ccc(OCC(=O)O)cc1. The number of para-hydroxylation sites is 1. The zero-order chi connectivity index (χ0) is 19.7. The number of rotatable bonds is 5. The second-order valence-corrected chi connectivity index (χ2v) is 6.90. The molecule has 0 radical (unpaired) electrons. The van der Waals surface area contributed by atoms with Gasteiger partial charge in [0.05, 0.1) is 11.3 Å². The number of carboxylic acid groups (broad SMARTS) is 1. The number of anilines is 1. The quantitative estimate of drug-likeness (QED) is 0.446. The van der Waals surface area contributed by atoms with Crippen LogP contribution < -0.4 is 20.3 Å². The zero-order valence-corrected chi connectivity index (χ0v) is 15.7. The van der Waals surface area contributed by atoms with E-state index in [-0.39, 0.29) is 5.56 Å². The van der Waals surface area contributed by atoms with Gasteiger partial charge in [-0.05, 0) is 47.3 Å². The Hall–Kier alpha value is -3.33. The Labute approximate surface area is 164 Å². The summed E-state index contributed by atoms with van der Waals surface area (Å²) >= 11 is 1.36. The molecule has 0 unspecified atom stereocenters. The van der Waals surface area contributed by atoms with Crippen LogP contribution in [-0.4, -0.2) is 34.0 Å². The van der Waals surface area contributed by atoms with Gasteiger partial charge in [-0.15, -0.1) is 0 Å². The van der Waals surface area contributed by atoms with Crippen molar-refractivity contribution in [3.63, 3.8) is 0 Å². The summed E-state index contributed by atoms with van der Waals surface area (Å²) in [5, 5.41) is 17.2. The number of ether oxygens (including phenoxy) is 1. The highest BCUT2D eigenvalue weighted by Gasteiger charge is 2.37. The maximum atomic E-state index is 12.8. The van der Waals surface area contributed by atoms with Gasteiger partial charge < -0.3 is 15.2 Å². The largest absolute Gasteiger partial charge is 0.482 e. The van der Waals surface area contributed by atoms with E-state index in [1.165, 1.54) is 11.8 Å². The van der Waals surface area contributed by atoms with E-state index in [1.54, 1.807) is 16.8 Å². The molecule has 0 fully saturated rings. The van der Waals surface area contributed by atoms with E-state index < -0.39 is 18.7 Å². The number of aromatic amines is 1. The van der Waals surface area contributed by atoms with Gasteiger partial charge in [-0.3, -0.25) is 9.78 Å². The van der Waals surface area contributed by atoms with Crippen molar-refractivity contribution >= 4 is 23.4 Å². The number of carbonyl (C=O) groups is 1. The number of H-pyrrole nitrogens is 1. The van der Waals surface area contributed by atoms with Gasteiger partial charge in [0.2, 0.25) is 5.16 Å². The molecule has 3 aromatic rings. The molecule has 3 N–H and O–H groups in total. The van der Waals surface area contributed by atoms with Crippen molar-refractivity contribution in [2.24, 2.45) is 0 Å². The predicted octanol–water partition coefficient (Wildman–Crippen LogP) is 1.88. The first-order chi connectivity index (χ1) is 13.6. The number of benzene rings is 2. The van der Waals surface area contributed by atoms with Crippen LogP contribution >= 0.6 is 11.8 Å². The summed E-state index contributed by atoms with van der Waals surface area (Å²) < 4.78 is 6.87. The maximum Gasteiger partial charge on any atom is 0.341 e. The number of nitrogens with zero attached hydrogens (tertiary/aromatic N) is 2. The number of aromatic nitrogens is 3. The predicted molar refractivity (Wildman–Crippen MR) is 104 cm³/mol. The summed E-state index contributed by atoms with van der Waals surface area (Å²) in [5.74, 6) is -0.580. The smallest absolute Gasteiger partial charge is 0.341 e. The summed E-state index contributed by atoms with van der Waals surface area (Å²) in [6.07, 6.45) is 1.45. The third-order valence-corrected chi connectivity index (χ3v) is 4.90. The molecule has 0 saturated heterocycles. The Bertz CT molecular complexity index is 1100. The minimum Gasteiger partial charge on any atom is -0.482 e. The van der Waals surface area contributed by atoms with E-state index in [0.29, 0.717) is 16.6 Å². The normalized spacial score (nSPS) is 14.5. The molecular weight excluding hydrogens is 380 g/mol. The Morgan fingerprint density at radius 3 is 2.71 bits per heavy atom. The molecule has 0 aliphatic carbocycles. The number of hydrogen-bond donors (Lipinski definition) is 3. The van der Waals surface area contributed by atoms with Crippen LogP contribution in [0.4, 0.5) is 5.69 Å². The van der Waals surface area contributed by atoms with Gasteiger partial charge in [0, 0.05) is 10.7 Å². The average Bonchev–Trinajstić information content (AvgIpc) is 2.71. The fourth-order valence-corrected chi connectivity index (χ4v) is 3.46. The van der Waals surface area contributed by atoms with E-state index in [9.17, 15) is 9.59 Å². The van der Waals surface area contributed by atoms with Gasteiger partial charge in [0.15, 0.2) is 6.61 Å². The minimum absolute atomic E-state index is 0.209. The highest BCUT2D eigenvalue weighted by atomic mass is 32.2. The number of carboxylic acids is 1. The van der Waals surface area contributed by atoms with E-state index in [1.807, 2.05) is 42.7 Å². The molecule has 2 heterocycles. The summed E-state index contributed by atoms with van der Waals surface area (Å²) in [4.78, 5) is 26.2. The number of aliphatic carboxylic acids is 1. The van der Waals surface area contributed by atoms with Gasteiger partial charge >= 0.3 is 17.2 Å².